The molecule has 1 saturated heterocycles. The van der Waals surface area contributed by atoms with Gasteiger partial charge in [-0.15, -0.1) is 0 Å². The van der Waals surface area contributed by atoms with E-state index in [0.717, 1.165) is 39.1 Å². The molecule has 2 aromatic carbocycles. The molecule has 0 unspecified atom stereocenters. The summed E-state index contributed by atoms with van der Waals surface area (Å²) >= 11 is 0. The van der Waals surface area contributed by atoms with Gasteiger partial charge in [-0.05, 0) is 58.9 Å². The lowest BCUT2D eigenvalue weighted by Gasteiger charge is -2.39. The van der Waals surface area contributed by atoms with Crippen LogP contribution in [-0.4, -0.2) is 23.0 Å². The molecule has 0 amide bonds. The first kappa shape index (κ1) is 16.7. The van der Waals surface area contributed by atoms with Gasteiger partial charge in [0.1, 0.15) is 0 Å². The van der Waals surface area contributed by atoms with E-state index in [1.54, 1.807) is 0 Å². The van der Waals surface area contributed by atoms with Crippen molar-refractivity contribution in [3.63, 3.8) is 0 Å². The molecule has 3 heterocycles. The van der Waals surface area contributed by atoms with Gasteiger partial charge in [-0.1, -0.05) is 42.5 Å². The highest BCUT2D eigenvalue weighted by Gasteiger charge is 2.42. The van der Waals surface area contributed by atoms with Crippen LogP contribution in [0, 0.1) is 0 Å². The highest BCUT2D eigenvalue weighted by molar-refractivity contribution is 5.63. The zero-order valence-electron chi connectivity index (χ0n) is 15.5. The van der Waals surface area contributed by atoms with Gasteiger partial charge >= 0.3 is 0 Å². The smallest absolute Gasteiger partial charge is 0.0963 e. The van der Waals surface area contributed by atoms with Crippen molar-refractivity contribution >= 4 is 0 Å². The minimum Gasteiger partial charge on any atom is -0.365 e. The first-order valence-electron chi connectivity index (χ1n) is 9.76. The van der Waals surface area contributed by atoms with Crippen molar-refractivity contribution in [2.45, 2.75) is 31.6 Å². The van der Waals surface area contributed by atoms with Crippen molar-refractivity contribution in [2.75, 3.05) is 13.1 Å². The summed E-state index contributed by atoms with van der Waals surface area (Å²) in [5.41, 5.74) is 6.59. The number of piperidine rings is 1. The summed E-state index contributed by atoms with van der Waals surface area (Å²) in [5, 5.41) is 0. The number of hydrogen-bond donors (Lipinski definition) is 0. The summed E-state index contributed by atoms with van der Waals surface area (Å²) in [6.45, 7) is 3.92. The molecule has 27 heavy (non-hydrogen) atoms. The molecule has 2 aliphatic heterocycles. The number of pyridine rings is 1. The molecular weight excluding hydrogens is 332 g/mol. The minimum absolute atomic E-state index is 0.0496. The average Bonchev–Trinajstić information content (AvgIpc) is 3.09. The third kappa shape index (κ3) is 3.18. The standard InChI is InChI=1S/C24H24N2O/c1-2-7-23-22(5-1)18-27-24(23)10-14-26(15-11-24)17-19-4-3-6-21(16-19)20-8-12-25-13-9-20/h1-9,12-13,16H,10-11,14-15,17-18H2. The van der Waals surface area contributed by atoms with Crippen molar-refractivity contribution in [1.82, 2.24) is 9.88 Å². The van der Waals surface area contributed by atoms with Crippen LogP contribution >= 0.6 is 0 Å². The van der Waals surface area contributed by atoms with Gasteiger partial charge in [-0.2, -0.15) is 0 Å². The normalized spacial score (nSPS) is 18.5. The Morgan fingerprint density at radius 1 is 0.889 bits per heavy atom. The predicted octanol–water partition coefficient (Wildman–Crippen LogP) is 4.77. The lowest BCUT2D eigenvalue weighted by molar-refractivity contribution is -0.0799. The third-order valence-electron chi connectivity index (χ3n) is 6.02. The molecule has 2 aliphatic rings. The van der Waals surface area contributed by atoms with Crippen LogP contribution in [-0.2, 0) is 23.5 Å². The summed E-state index contributed by atoms with van der Waals surface area (Å²) in [5.74, 6) is 0. The van der Waals surface area contributed by atoms with Gasteiger partial charge < -0.3 is 4.74 Å². The second-order valence-corrected chi connectivity index (χ2v) is 7.65. The van der Waals surface area contributed by atoms with E-state index in [0.29, 0.717) is 0 Å². The highest BCUT2D eigenvalue weighted by atomic mass is 16.5. The van der Waals surface area contributed by atoms with Crippen molar-refractivity contribution in [3.8, 4) is 11.1 Å². The molecule has 0 bridgehead atoms. The monoisotopic (exact) mass is 356 g/mol. The first-order chi connectivity index (χ1) is 13.3. The van der Waals surface area contributed by atoms with Crippen molar-refractivity contribution < 1.29 is 4.74 Å². The summed E-state index contributed by atoms with van der Waals surface area (Å²) in [4.78, 5) is 6.67. The molecule has 0 atom stereocenters. The molecule has 1 fully saturated rings. The van der Waals surface area contributed by atoms with Crippen LogP contribution in [0.4, 0.5) is 0 Å². The molecule has 3 aromatic rings. The van der Waals surface area contributed by atoms with Gasteiger partial charge in [-0.25, -0.2) is 0 Å². The highest BCUT2D eigenvalue weighted by Crippen LogP contribution is 2.44. The SMILES string of the molecule is c1cc(CN2CCC3(CC2)OCc2ccccc23)cc(-c2ccncc2)c1. The number of hydrogen-bond acceptors (Lipinski definition) is 3. The fourth-order valence-electron chi connectivity index (χ4n) is 4.52. The van der Waals surface area contributed by atoms with E-state index in [-0.39, 0.29) is 5.60 Å². The molecule has 1 spiro atoms. The number of aromatic nitrogens is 1. The lowest BCUT2D eigenvalue weighted by Crippen LogP contribution is -2.42. The van der Waals surface area contributed by atoms with Crippen LogP contribution in [0.25, 0.3) is 11.1 Å². The Morgan fingerprint density at radius 3 is 2.56 bits per heavy atom. The summed E-state index contributed by atoms with van der Waals surface area (Å²) in [7, 11) is 0. The Labute approximate surface area is 160 Å². The minimum atomic E-state index is -0.0496. The van der Waals surface area contributed by atoms with Crippen LogP contribution in [0.1, 0.15) is 29.5 Å². The maximum absolute atomic E-state index is 6.29. The molecule has 0 aliphatic carbocycles. The zero-order valence-corrected chi connectivity index (χ0v) is 15.5. The predicted molar refractivity (Wildman–Crippen MR) is 107 cm³/mol. The molecule has 0 saturated carbocycles. The Kier molecular flexibility index (Phi) is 4.27. The van der Waals surface area contributed by atoms with E-state index < -0.39 is 0 Å². The van der Waals surface area contributed by atoms with Crippen LogP contribution in [0.15, 0.2) is 73.1 Å². The number of benzene rings is 2. The van der Waals surface area contributed by atoms with Crippen LogP contribution in [0.5, 0.6) is 0 Å². The quantitative estimate of drug-likeness (QED) is 0.676. The fraction of sp³-hybridized carbons (Fsp3) is 0.292. The number of likely N-dealkylation sites (tertiary alicyclic amines) is 1. The van der Waals surface area contributed by atoms with Gasteiger partial charge in [0.15, 0.2) is 0 Å². The molecule has 3 nitrogen and oxygen atoms in total. The van der Waals surface area contributed by atoms with Gasteiger partial charge in [0.05, 0.1) is 12.2 Å². The van der Waals surface area contributed by atoms with Gasteiger partial charge in [-0.3, -0.25) is 9.88 Å². The second-order valence-electron chi connectivity index (χ2n) is 7.65. The molecular formula is C24H24N2O. The van der Waals surface area contributed by atoms with Crippen molar-refractivity contribution in [2.24, 2.45) is 0 Å². The van der Waals surface area contributed by atoms with Gasteiger partial charge in [0.2, 0.25) is 0 Å². The lowest BCUT2D eigenvalue weighted by atomic mass is 9.83. The van der Waals surface area contributed by atoms with E-state index in [1.807, 2.05) is 12.4 Å². The van der Waals surface area contributed by atoms with Crippen LogP contribution < -0.4 is 0 Å². The van der Waals surface area contributed by atoms with Crippen molar-refractivity contribution in [3.05, 3.63) is 89.7 Å². The average molecular weight is 356 g/mol. The topological polar surface area (TPSA) is 25.4 Å². The molecule has 1 aromatic heterocycles. The van der Waals surface area contributed by atoms with E-state index in [4.69, 9.17) is 4.74 Å². The summed E-state index contributed by atoms with van der Waals surface area (Å²) in [6.07, 6.45) is 5.86. The van der Waals surface area contributed by atoms with E-state index >= 15 is 0 Å². The third-order valence-corrected chi connectivity index (χ3v) is 6.02. The Hall–Kier alpha value is -2.49. The maximum atomic E-state index is 6.29. The van der Waals surface area contributed by atoms with E-state index in [9.17, 15) is 0 Å². The van der Waals surface area contributed by atoms with Crippen molar-refractivity contribution in [1.29, 1.82) is 0 Å². The zero-order chi connectivity index (χ0) is 18.1. The van der Waals surface area contributed by atoms with Crippen LogP contribution in [0.2, 0.25) is 0 Å². The van der Waals surface area contributed by atoms with Gasteiger partial charge in [0, 0.05) is 32.0 Å². The Bertz CT molecular complexity index is 930. The van der Waals surface area contributed by atoms with E-state index in [2.05, 4.69) is 70.5 Å². The Balaban J connectivity index is 1.28. The maximum Gasteiger partial charge on any atom is 0.0963 e. The van der Waals surface area contributed by atoms with E-state index in [1.165, 1.54) is 27.8 Å². The molecule has 3 heteroatoms. The summed E-state index contributed by atoms with van der Waals surface area (Å²) in [6, 6.07) is 21.7. The molecule has 0 N–H and O–H groups in total. The number of ether oxygens (including phenoxy) is 1. The largest absolute Gasteiger partial charge is 0.365 e. The van der Waals surface area contributed by atoms with Crippen LogP contribution in [0.3, 0.4) is 0 Å². The number of rotatable bonds is 3. The molecule has 5 rings (SSSR count). The van der Waals surface area contributed by atoms with Gasteiger partial charge in [0.25, 0.3) is 0 Å². The molecule has 136 valence electrons. The second kappa shape index (κ2) is 6.91. The molecule has 0 radical (unpaired) electrons. The fourth-order valence-corrected chi connectivity index (χ4v) is 4.52. The first-order valence-corrected chi connectivity index (χ1v) is 9.76. The summed E-state index contributed by atoms with van der Waals surface area (Å²) < 4.78 is 6.29. The number of fused-ring (bicyclic) bond motifs is 2. The Morgan fingerprint density at radius 2 is 1.70 bits per heavy atom. The number of nitrogens with zero attached hydrogens (tertiary/aromatic N) is 2.